The van der Waals surface area contributed by atoms with Crippen LogP contribution in [0.3, 0.4) is 0 Å². The first-order valence-electron chi connectivity index (χ1n) is 3.91. The predicted molar refractivity (Wildman–Crippen MR) is 46.2 cm³/mol. The number of hydrogen-bond donors (Lipinski definition) is 0. The summed E-state index contributed by atoms with van der Waals surface area (Å²) in [6.07, 6.45) is 5.24. The summed E-state index contributed by atoms with van der Waals surface area (Å²) in [7, 11) is 0. The van der Waals surface area contributed by atoms with E-state index < -0.39 is 0 Å². The lowest BCUT2D eigenvalue weighted by Crippen LogP contribution is -2.02. The van der Waals surface area contributed by atoms with Gasteiger partial charge in [0.25, 0.3) is 0 Å². The molecule has 0 unspecified atom stereocenters. The van der Waals surface area contributed by atoms with Crippen LogP contribution >= 0.6 is 0 Å². The molecule has 1 aliphatic rings. The molecular formula is C9H20O. The molecule has 1 saturated carbocycles. The fourth-order valence-corrected chi connectivity index (χ4v) is 0.946. The first kappa shape index (κ1) is 12.4. The zero-order valence-corrected chi connectivity index (χ0v) is 6.44. The minimum atomic E-state index is 0. The fourth-order valence-electron chi connectivity index (χ4n) is 0.946. The fraction of sp³-hybridized carbons (Fsp3) is 0.889. The minimum Gasteiger partial charge on any atom is -0.300 e. The maximum atomic E-state index is 10.5. The molecule has 1 fully saturated rings. The Morgan fingerprint density at radius 2 is 1.40 bits per heavy atom. The molecule has 1 nitrogen and oxygen atoms in total. The average molecular weight is 144 g/mol. The smallest absolute Gasteiger partial charge is 0.132 e. The van der Waals surface area contributed by atoms with Crippen molar-refractivity contribution in [2.45, 2.75) is 53.4 Å². The van der Waals surface area contributed by atoms with E-state index in [-0.39, 0.29) is 7.43 Å². The Morgan fingerprint density at radius 1 is 1.00 bits per heavy atom. The summed E-state index contributed by atoms with van der Waals surface area (Å²) in [6.45, 7) is 4.00. The van der Waals surface area contributed by atoms with Gasteiger partial charge in [-0.15, -0.1) is 0 Å². The molecule has 0 atom stereocenters. The maximum Gasteiger partial charge on any atom is 0.132 e. The van der Waals surface area contributed by atoms with E-state index >= 15 is 0 Å². The van der Waals surface area contributed by atoms with Gasteiger partial charge in [0.2, 0.25) is 0 Å². The van der Waals surface area contributed by atoms with Crippen molar-refractivity contribution < 1.29 is 4.79 Å². The summed E-state index contributed by atoms with van der Waals surface area (Å²) < 4.78 is 0. The number of carbonyl (C=O) groups excluding carboxylic acids is 1. The number of hydrogen-bond acceptors (Lipinski definition) is 1. The van der Waals surface area contributed by atoms with Crippen molar-refractivity contribution in [1.29, 1.82) is 0 Å². The van der Waals surface area contributed by atoms with Crippen molar-refractivity contribution in [2.75, 3.05) is 0 Å². The highest BCUT2D eigenvalue weighted by Gasteiger charge is 2.05. The molecule has 0 spiro atoms. The van der Waals surface area contributed by atoms with Gasteiger partial charge in [-0.2, -0.15) is 0 Å². The van der Waals surface area contributed by atoms with Crippen LogP contribution in [0.5, 0.6) is 0 Å². The van der Waals surface area contributed by atoms with E-state index in [0.717, 1.165) is 25.7 Å². The average Bonchev–Trinajstić information content (AvgIpc) is 1.94. The van der Waals surface area contributed by atoms with Gasteiger partial charge >= 0.3 is 0 Å². The molecule has 0 aromatic heterocycles. The largest absolute Gasteiger partial charge is 0.300 e. The second-order valence-corrected chi connectivity index (χ2v) is 2.10. The summed E-state index contributed by atoms with van der Waals surface area (Å²) in [5.74, 6) is 0.464. The van der Waals surface area contributed by atoms with E-state index in [4.69, 9.17) is 0 Å². The molecule has 0 aromatic carbocycles. The number of Topliss-reactive ketones (excluding diaryl/α,β-unsaturated/α-hetero) is 1. The Morgan fingerprint density at radius 3 is 1.60 bits per heavy atom. The number of rotatable bonds is 0. The number of carbonyl (C=O) groups is 1. The summed E-state index contributed by atoms with van der Waals surface area (Å²) >= 11 is 0. The van der Waals surface area contributed by atoms with Gasteiger partial charge in [0.1, 0.15) is 5.78 Å². The summed E-state index contributed by atoms with van der Waals surface area (Å²) in [4.78, 5) is 10.5. The Kier molecular flexibility index (Phi) is 10.7. The molecular weight excluding hydrogens is 124 g/mol. The highest BCUT2D eigenvalue weighted by molar-refractivity contribution is 5.78. The molecule has 0 amide bonds. The Balaban J connectivity index is 0. The van der Waals surface area contributed by atoms with E-state index in [1.165, 1.54) is 6.42 Å². The maximum absolute atomic E-state index is 10.5. The van der Waals surface area contributed by atoms with Crippen LogP contribution in [-0.2, 0) is 4.79 Å². The number of ketones is 1. The minimum absolute atomic E-state index is 0. The van der Waals surface area contributed by atoms with Gasteiger partial charge in [0.05, 0.1) is 0 Å². The van der Waals surface area contributed by atoms with Gasteiger partial charge in [-0.05, 0) is 12.8 Å². The van der Waals surface area contributed by atoms with Crippen LogP contribution in [0.1, 0.15) is 53.4 Å². The van der Waals surface area contributed by atoms with Gasteiger partial charge < -0.3 is 0 Å². The standard InChI is InChI=1S/C6H10O.C2H6.CH4/c7-6-4-2-1-3-5-6;1-2;/h1-5H2;1-2H3;1H4. The van der Waals surface area contributed by atoms with Gasteiger partial charge in [-0.25, -0.2) is 0 Å². The quantitative estimate of drug-likeness (QED) is 0.510. The zero-order chi connectivity index (χ0) is 7.11. The van der Waals surface area contributed by atoms with Crippen LogP contribution in [0.25, 0.3) is 0 Å². The summed E-state index contributed by atoms with van der Waals surface area (Å²) in [5, 5.41) is 0. The topological polar surface area (TPSA) is 17.1 Å². The molecule has 62 valence electrons. The van der Waals surface area contributed by atoms with E-state index in [9.17, 15) is 4.79 Å². The van der Waals surface area contributed by atoms with Crippen molar-refractivity contribution in [1.82, 2.24) is 0 Å². The molecule has 0 saturated heterocycles. The van der Waals surface area contributed by atoms with Crippen LogP contribution in [0.15, 0.2) is 0 Å². The van der Waals surface area contributed by atoms with Crippen molar-refractivity contribution in [3.63, 3.8) is 0 Å². The molecule has 0 aliphatic heterocycles. The van der Waals surface area contributed by atoms with E-state index in [1.807, 2.05) is 13.8 Å². The van der Waals surface area contributed by atoms with E-state index in [1.54, 1.807) is 0 Å². The summed E-state index contributed by atoms with van der Waals surface area (Å²) in [6, 6.07) is 0. The second-order valence-electron chi connectivity index (χ2n) is 2.10. The molecule has 10 heavy (non-hydrogen) atoms. The van der Waals surface area contributed by atoms with Gasteiger partial charge in [0.15, 0.2) is 0 Å². The molecule has 0 N–H and O–H groups in total. The molecule has 0 heterocycles. The lowest BCUT2D eigenvalue weighted by atomic mass is 10.00. The van der Waals surface area contributed by atoms with Gasteiger partial charge in [-0.1, -0.05) is 27.7 Å². The third-order valence-corrected chi connectivity index (χ3v) is 1.41. The SMILES string of the molecule is C.CC.O=C1CCCCC1. The van der Waals surface area contributed by atoms with Crippen LogP contribution in [0, 0.1) is 0 Å². The van der Waals surface area contributed by atoms with Crippen molar-refractivity contribution in [3.05, 3.63) is 0 Å². The zero-order valence-electron chi connectivity index (χ0n) is 6.44. The van der Waals surface area contributed by atoms with Crippen molar-refractivity contribution in [2.24, 2.45) is 0 Å². The van der Waals surface area contributed by atoms with Crippen LogP contribution in [0.2, 0.25) is 0 Å². The predicted octanol–water partition coefficient (Wildman–Crippen LogP) is 3.18. The van der Waals surface area contributed by atoms with Crippen molar-refractivity contribution >= 4 is 5.78 Å². The molecule has 0 aromatic rings. The first-order valence-corrected chi connectivity index (χ1v) is 3.91. The lowest BCUT2D eigenvalue weighted by molar-refractivity contribution is -0.120. The van der Waals surface area contributed by atoms with E-state index in [0.29, 0.717) is 5.78 Å². The second kappa shape index (κ2) is 8.67. The van der Waals surface area contributed by atoms with E-state index in [2.05, 4.69) is 0 Å². The lowest BCUT2D eigenvalue weighted by Gasteiger charge is -2.05. The first-order chi connectivity index (χ1) is 4.39. The molecule has 0 bridgehead atoms. The highest BCUT2D eigenvalue weighted by atomic mass is 16.1. The van der Waals surface area contributed by atoms with Crippen LogP contribution in [-0.4, -0.2) is 5.78 Å². The van der Waals surface area contributed by atoms with Crippen LogP contribution < -0.4 is 0 Å². The van der Waals surface area contributed by atoms with Crippen molar-refractivity contribution in [3.8, 4) is 0 Å². The van der Waals surface area contributed by atoms with Gasteiger partial charge in [-0.3, -0.25) is 4.79 Å². The van der Waals surface area contributed by atoms with Gasteiger partial charge in [0, 0.05) is 12.8 Å². The Bertz CT molecular complexity index is 68.8. The third kappa shape index (κ3) is 5.80. The molecule has 1 aliphatic carbocycles. The summed E-state index contributed by atoms with van der Waals surface area (Å²) in [5.41, 5.74) is 0. The Hall–Kier alpha value is -0.330. The normalized spacial score (nSPS) is 16.4. The third-order valence-electron chi connectivity index (χ3n) is 1.41. The van der Waals surface area contributed by atoms with Crippen LogP contribution in [0.4, 0.5) is 0 Å². The highest BCUT2D eigenvalue weighted by Crippen LogP contribution is 2.12. The molecule has 1 heteroatoms. The Labute approximate surface area is 64.8 Å². The molecule has 0 radical (unpaired) electrons. The monoisotopic (exact) mass is 144 g/mol. The molecule has 1 rings (SSSR count).